The predicted octanol–water partition coefficient (Wildman–Crippen LogP) is 6.33. The zero-order valence-corrected chi connectivity index (χ0v) is 19.7. The highest BCUT2D eigenvalue weighted by Crippen LogP contribution is 2.24. The molecule has 5 heteroatoms. The summed E-state index contributed by atoms with van der Waals surface area (Å²) >= 11 is 0. The minimum absolute atomic E-state index is 0.144. The summed E-state index contributed by atoms with van der Waals surface area (Å²) in [6.45, 7) is 1.25. The van der Waals surface area contributed by atoms with Crippen LogP contribution in [0.1, 0.15) is 17.5 Å². The summed E-state index contributed by atoms with van der Waals surface area (Å²) in [7, 11) is 0. The van der Waals surface area contributed by atoms with Gasteiger partial charge in [0.15, 0.2) is 0 Å². The van der Waals surface area contributed by atoms with Crippen LogP contribution in [-0.4, -0.2) is 19.1 Å². The van der Waals surface area contributed by atoms with Crippen LogP contribution in [0.3, 0.4) is 0 Å². The molecular weight excluding hydrogens is 436 g/mol. The van der Waals surface area contributed by atoms with E-state index in [1.165, 1.54) is 5.56 Å². The number of carbonyl (C=O) groups is 1. The molecule has 4 aromatic carbocycles. The number of hydrogen-bond donors (Lipinski definition) is 2. The van der Waals surface area contributed by atoms with Crippen molar-refractivity contribution in [3.8, 4) is 11.5 Å². The standard InChI is InChI=1S/C30H30N2O3/c33-30(22-31-26-17-19-27(20-18-26)35-23-25-12-5-2-6-13-25)32-28-15-7-8-16-29(28)34-21-9-14-24-10-3-1-4-11-24/h1-8,10-13,15-20,31H,9,14,21-23H2,(H,32,33). The van der Waals surface area contributed by atoms with Crippen molar-refractivity contribution in [1.82, 2.24) is 0 Å². The maximum atomic E-state index is 12.5. The Morgan fingerprint density at radius 2 is 1.34 bits per heavy atom. The summed E-state index contributed by atoms with van der Waals surface area (Å²) in [6, 6.07) is 35.5. The second-order valence-electron chi connectivity index (χ2n) is 8.13. The normalized spacial score (nSPS) is 10.4. The Labute approximate surface area is 206 Å². The molecule has 0 heterocycles. The van der Waals surface area contributed by atoms with E-state index >= 15 is 0 Å². The number of carbonyl (C=O) groups excluding carboxylic acids is 1. The van der Waals surface area contributed by atoms with Crippen LogP contribution in [0.2, 0.25) is 0 Å². The predicted molar refractivity (Wildman–Crippen MR) is 141 cm³/mol. The van der Waals surface area contributed by atoms with Gasteiger partial charge in [0.25, 0.3) is 0 Å². The van der Waals surface area contributed by atoms with Crippen molar-refractivity contribution in [3.63, 3.8) is 0 Å². The van der Waals surface area contributed by atoms with Crippen LogP contribution in [0.5, 0.6) is 11.5 Å². The van der Waals surface area contributed by atoms with Crippen molar-refractivity contribution < 1.29 is 14.3 Å². The van der Waals surface area contributed by atoms with Crippen LogP contribution < -0.4 is 20.1 Å². The molecule has 0 atom stereocenters. The topological polar surface area (TPSA) is 59.6 Å². The van der Waals surface area contributed by atoms with Gasteiger partial charge < -0.3 is 20.1 Å². The fourth-order valence-corrected chi connectivity index (χ4v) is 3.59. The number of para-hydroxylation sites is 2. The van der Waals surface area contributed by atoms with E-state index in [1.54, 1.807) is 0 Å². The van der Waals surface area contributed by atoms with E-state index in [4.69, 9.17) is 9.47 Å². The van der Waals surface area contributed by atoms with Gasteiger partial charge in [-0.15, -0.1) is 0 Å². The summed E-state index contributed by atoms with van der Waals surface area (Å²) < 4.78 is 11.8. The maximum absolute atomic E-state index is 12.5. The van der Waals surface area contributed by atoms with Crippen molar-refractivity contribution in [2.24, 2.45) is 0 Å². The molecule has 4 aromatic rings. The summed E-state index contributed by atoms with van der Waals surface area (Å²) in [5.41, 5.74) is 3.92. The Morgan fingerprint density at radius 3 is 2.09 bits per heavy atom. The van der Waals surface area contributed by atoms with Gasteiger partial charge in [-0.05, 0) is 60.4 Å². The molecule has 2 N–H and O–H groups in total. The Bertz CT molecular complexity index is 1180. The highest BCUT2D eigenvalue weighted by atomic mass is 16.5. The van der Waals surface area contributed by atoms with E-state index in [9.17, 15) is 4.79 Å². The average molecular weight is 467 g/mol. The molecule has 0 aromatic heterocycles. The molecule has 178 valence electrons. The molecule has 0 saturated heterocycles. The number of hydrogen-bond acceptors (Lipinski definition) is 4. The molecule has 0 spiro atoms. The molecule has 1 amide bonds. The molecule has 0 aliphatic rings. The van der Waals surface area contributed by atoms with Crippen molar-refractivity contribution in [1.29, 1.82) is 0 Å². The number of aryl methyl sites for hydroxylation is 1. The molecule has 0 saturated carbocycles. The van der Waals surface area contributed by atoms with E-state index in [-0.39, 0.29) is 12.5 Å². The van der Waals surface area contributed by atoms with Crippen LogP contribution >= 0.6 is 0 Å². The fraction of sp³-hybridized carbons (Fsp3) is 0.167. The Morgan fingerprint density at radius 1 is 0.686 bits per heavy atom. The van der Waals surface area contributed by atoms with Gasteiger partial charge in [0.1, 0.15) is 18.1 Å². The monoisotopic (exact) mass is 466 g/mol. The third-order valence-electron chi connectivity index (χ3n) is 5.43. The first kappa shape index (κ1) is 23.9. The summed E-state index contributed by atoms with van der Waals surface area (Å²) in [5, 5.41) is 6.09. The van der Waals surface area contributed by atoms with E-state index in [1.807, 2.05) is 97.1 Å². The zero-order chi connectivity index (χ0) is 24.1. The van der Waals surface area contributed by atoms with Gasteiger partial charge in [-0.1, -0.05) is 72.8 Å². The lowest BCUT2D eigenvalue weighted by molar-refractivity contribution is -0.114. The Kier molecular flexibility index (Phi) is 8.77. The first-order valence-corrected chi connectivity index (χ1v) is 11.8. The van der Waals surface area contributed by atoms with E-state index in [2.05, 4.69) is 22.8 Å². The molecule has 0 bridgehead atoms. The summed E-state index contributed by atoms with van der Waals surface area (Å²) in [5.74, 6) is 1.31. The Hall–Kier alpha value is -4.25. The summed E-state index contributed by atoms with van der Waals surface area (Å²) in [6.07, 6.45) is 1.86. The van der Waals surface area contributed by atoms with Crippen LogP contribution in [0, 0.1) is 0 Å². The number of rotatable bonds is 12. The lowest BCUT2D eigenvalue weighted by atomic mass is 10.1. The van der Waals surface area contributed by atoms with Crippen LogP contribution in [-0.2, 0) is 17.8 Å². The molecule has 35 heavy (non-hydrogen) atoms. The van der Waals surface area contributed by atoms with E-state index < -0.39 is 0 Å². The zero-order valence-electron chi connectivity index (χ0n) is 19.7. The first-order chi connectivity index (χ1) is 17.3. The third-order valence-corrected chi connectivity index (χ3v) is 5.43. The van der Waals surface area contributed by atoms with Crippen LogP contribution in [0.4, 0.5) is 11.4 Å². The second kappa shape index (κ2) is 12.8. The minimum Gasteiger partial charge on any atom is -0.491 e. The second-order valence-corrected chi connectivity index (χ2v) is 8.13. The number of benzene rings is 4. The molecule has 0 fully saturated rings. The van der Waals surface area contributed by atoms with Gasteiger partial charge >= 0.3 is 0 Å². The van der Waals surface area contributed by atoms with Crippen molar-refractivity contribution in [2.45, 2.75) is 19.4 Å². The lowest BCUT2D eigenvalue weighted by Crippen LogP contribution is -2.22. The first-order valence-electron chi connectivity index (χ1n) is 11.8. The third kappa shape index (κ3) is 7.93. The summed E-state index contributed by atoms with van der Waals surface area (Å²) in [4.78, 5) is 12.5. The quantitative estimate of drug-likeness (QED) is 0.240. The van der Waals surface area contributed by atoms with Gasteiger partial charge in [0.05, 0.1) is 18.8 Å². The smallest absolute Gasteiger partial charge is 0.243 e. The molecule has 0 radical (unpaired) electrons. The van der Waals surface area contributed by atoms with Crippen molar-refractivity contribution in [3.05, 3.63) is 120 Å². The SMILES string of the molecule is O=C(CNc1ccc(OCc2ccccc2)cc1)Nc1ccccc1OCCCc1ccccc1. The Balaban J connectivity index is 1.20. The van der Waals surface area contributed by atoms with Gasteiger partial charge in [-0.2, -0.15) is 0 Å². The van der Waals surface area contributed by atoms with Crippen molar-refractivity contribution in [2.75, 3.05) is 23.8 Å². The van der Waals surface area contributed by atoms with E-state index in [0.29, 0.717) is 24.7 Å². The van der Waals surface area contributed by atoms with Gasteiger partial charge in [0.2, 0.25) is 5.91 Å². The molecule has 0 aliphatic carbocycles. The molecule has 5 nitrogen and oxygen atoms in total. The number of nitrogens with one attached hydrogen (secondary N) is 2. The minimum atomic E-state index is -0.144. The number of anilines is 2. The largest absolute Gasteiger partial charge is 0.491 e. The van der Waals surface area contributed by atoms with E-state index in [0.717, 1.165) is 29.8 Å². The number of amides is 1. The van der Waals surface area contributed by atoms with Crippen molar-refractivity contribution >= 4 is 17.3 Å². The number of ether oxygens (including phenoxy) is 2. The van der Waals surface area contributed by atoms with Crippen LogP contribution in [0.25, 0.3) is 0 Å². The molecular formula is C30H30N2O3. The lowest BCUT2D eigenvalue weighted by Gasteiger charge is -2.13. The van der Waals surface area contributed by atoms with Gasteiger partial charge in [-0.25, -0.2) is 0 Å². The highest BCUT2D eigenvalue weighted by molar-refractivity contribution is 5.95. The molecule has 4 rings (SSSR count). The fourth-order valence-electron chi connectivity index (χ4n) is 3.59. The molecule has 0 aliphatic heterocycles. The average Bonchev–Trinajstić information content (AvgIpc) is 2.91. The van der Waals surface area contributed by atoms with Crippen LogP contribution in [0.15, 0.2) is 109 Å². The molecule has 0 unspecified atom stereocenters. The maximum Gasteiger partial charge on any atom is 0.243 e. The van der Waals surface area contributed by atoms with Gasteiger partial charge in [0, 0.05) is 5.69 Å². The highest BCUT2D eigenvalue weighted by Gasteiger charge is 2.08. The van der Waals surface area contributed by atoms with Gasteiger partial charge in [-0.3, -0.25) is 4.79 Å².